The Balaban J connectivity index is 2.65. The van der Waals surface area contributed by atoms with E-state index in [9.17, 15) is 0 Å². The first-order valence-corrected chi connectivity index (χ1v) is 6.52. The molecule has 5 heteroatoms. The molecule has 0 aliphatic rings. The van der Waals surface area contributed by atoms with Crippen LogP contribution in [0.2, 0.25) is 20.1 Å². The molecule has 0 bridgehead atoms. The second-order valence-electron chi connectivity index (χ2n) is 3.63. The van der Waals surface area contributed by atoms with Gasteiger partial charge in [0.2, 0.25) is 0 Å². The summed E-state index contributed by atoms with van der Waals surface area (Å²) < 4.78 is 5.16. The van der Waals surface area contributed by atoms with E-state index in [-0.39, 0.29) is 0 Å². The van der Waals surface area contributed by atoms with Gasteiger partial charge in [0.25, 0.3) is 0 Å². The van der Waals surface area contributed by atoms with Crippen molar-refractivity contribution in [3.8, 4) is 16.9 Å². The number of rotatable bonds is 2. The topological polar surface area (TPSA) is 9.23 Å². The molecule has 2 aromatic carbocycles. The molecule has 0 aliphatic carbocycles. The highest BCUT2D eigenvalue weighted by Gasteiger charge is 2.11. The van der Waals surface area contributed by atoms with Gasteiger partial charge in [0.05, 0.1) is 17.2 Å². The SMILES string of the molecule is COc1cc(Cl)cc(-c2cc(Cl)cc(Cl)c2Cl)c1. The van der Waals surface area contributed by atoms with Crippen LogP contribution in [0, 0.1) is 0 Å². The number of ether oxygens (including phenoxy) is 1. The molecule has 0 saturated heterocycles. The zero-order valence-corrected chi connectivity index (χ0v) is 12.3. The third-order valence-corrected chi connectivity index (χ3v) is 3.65. The third-order valence-electron chi connectivity index (χ3n) is 2.41. The highest BCUT2D eigenvalue weighted by atomic mass is 35.5. The lowest BCUT2D eigenvalue weighted by Gasteiger charge is -2.09. The van der Waals surface area contributed by atoms with E-state index in [1.807, 2.05) is 6.07 Å². The average Bonchev–Trinajstić information content (AvgIpc) is 2.32. The van der Waals surface area contributed by atoms with Gasteiger partial charge in [0, 0.05) is 15.6 Å². The summed E-state index contributed by atoms with van der Waals surface area (Å²) in [6.07, 6.45) is 0. The molecule has 0 fully saturated rings. The summed E-state index contributed by atoms with van der Waals surface area (Å²) in [6.45, 7) is 0. The third kappa shape index (κ3) is 2.86. The van der Waals surface area contributed by atoms with E-state index in [2.05, 4.69) is 0 Å². The Kier molecular flexibility index (Phi) is 4.29. The molecule has 0 unspecified atom stereocenters. The Morgan fingerprint density at radius 3 is 2.17 bits per heavy atom. The van der Waals surface area contributed by atoms with Crippen LogP contribution in [0.25, 0.3) is 11.1 Å². The van der Waals surface area contributed by atoms with Gasteiger partial charge in [-0.3, -0.25) is 0 Å². The molecule has 0 spiro atoms. The fourth-order valence-electron chi connectivity index (χ4n) is 1.60. The van der Waals surface area contributed by atoms with Crippen molar-refractivity contribution in [3.63, 3.8) is 0 Å². The zero-order valence-electron chi connectivity index (χ0n) is 9.31. The van der Waals surface area contributed by atoms with Crippen molar-refractivity contribution in [2.45, 2.75) is 0 Å². The minimum absolute atomic E-state index is 0.401. The van der Waals surface area contributed by atoms with Crippen molar-refractivity contribution in [2.24, 2.45) is 0 Å². The number of hydrogen-bond acceptors (Lipinski definition) is 1. The Morgan fingerprint density at radius 2 is 1.50 bits per heavy atom. The van der Waals surface area contributed by atoms with E-state index in [0.717, 1.165) is 11.1 Å². The molecule has 94 valence electrons. The molecular formula is C13H8Cl4O. The van der Waals surface area contributed by atoms with Crippen molar-refractivity contribution in [2.75, 3.05) is 7.11 Å². The molecule has 0 radical (unpaired) electrons. The van der Waals surface area contributed by atoms with E-state index < -0.39 is 0 Å². The fourth-order valence-corrected chi connectivity index (χ4v) is 2.54. The molecule has 0 aromatic heterocycles. The second-order valence-corrected chi connectivity index (χ2v) is 5.29. The number of methoxy groups -OCH3 is 1. The van der Waals surface area contributed by atoms with Gasteiger partial charge in [-0.15, -0.1) is 0 Å². The summed E-state index contributed by atoms with van der Waals surface area (Å²) in [5.41, 5.74) is 1.52. The van der Waals surface area contributed by atoms with Crippen LogP contribution in [0.4, 0.5) is 0 Å². The van der Waals surface area contributed by atoms with Crippen LogP contribution in [0.15, 0.2) is 30.3 Å². The van der Waals surface area contributed by atoms with Crippen molar-refractivity contribution in [1.29, 1.82) is 0 Å². The number of benzene rings is 2. The molecule has 18 heavy (non-hydrogen) atoms. The standard InChI is InChI=1S/C13H8Cl4O/c1-18-10-3-7(2-8(14)4-10)11-5-9(15)6-12(16)13(11)17/h2-6H,1H3. The van der Waals surface area contributed by atoms with Crippen molar-refractivity contribution in [1.82, 2.24) is 0 Å². The summed E-state index contributed by atoms with van der Waals surface area (Å²) in [7, 11) is 1.57. The van der Waals surface area contributed by atoms with Gasteiger partial charge in [-0.05, 0) is 35.9 Å². The summed E-state index contributed by atoms with van der Waals surface area (Å²) in [4.78, 5) is 0. The van der Waals surface area contributed by atoms with Crippen molar-refractivity contribution >= 4 is 46.4 Å². The maximum Gasteiger partial charge on any atom is 0.120 e. The zero-order chi connectivity index (χ0) is 13.3. The molecule has 0 atom stereocenters. The fraction of sp³-hybridized carbons (Fsp3) is 0.0769. The van der Waals surface area contributed by atoms with Gasteiger partial charge in [0.1, 0.15) is 5.75 Å². The monoisotopic (exact) mass is 320 g/mol. The minimum Gasteiger partial charge on any atom is -0.497 e. The highest BCUT2D eigenvalue weighted by molar-refractivity contribution is 6.45. The van der Waals surface area contributed by atoms with Crippen LogP contribution in [-0.2, 0) is 0 Å². The normalized spacial score (nSPS) is 10.5. The molecule has 0 aliphatic heterocycles. The first kappa shape index (κ1) is 13.8. The highest BCUT2D eigenvalue weighted by Crippen LogP contribution is 2.38. The molecule has 0 heterocycles. The van der Waals surface area contributed by atoms with Gasteiger partial charge in [-0.2, -0.15) is 0 Å². The van der Waals surface area contributed by atoms with Crippen LogP contribution in [0.3, 0.4) is 0 Å². The van der Waals surface area contributed by atoms with Gasteiger partial charge in [-0.1, -0.05) is 46.4 Å². The maximum atomic E-state index is 6.17. The average molecular weight is 322 g/mol. The van der Waals surface area contributed by atoms with Crippen LogP contribution in [-0.4, -0.2) is 7.11 Å². The molecule has 0 N–H and O–H groups in total. The van der Waals surface area contributed by atoms with Crippen molar-refractivity contribution < 1.29 is 4.74 Å². The van der Waals surface area contributed by atoms with Crippen LogP contribution in [0.5, 0.6) is 5.75 Å². The molecular weight excluding hydrogens is 314 g/mol. The predicted molar refractivity (Wildman–Crippen MR) is 78.5 cm³/mol. The Hall–Kier alpha value is -0.600. The largest absolute Gasteiger partial charge is 0.497 e. The van der Waals surface area contributed by atoms with Gasteiger partial charge >= 0.3 is 0 Å². The van der Waals surface area contributed by atoms with E-state index in [4.69, 9.17) is 51.1 Å². The predicted octanol–water partition coefficient (Wildman–Crippen LogP) is 5.98. The lowest BCUT2D eigenvalue weighted by atomic mass is 10.1. The second kappa shape index (κ2) is 5.58. The van der Waals surface area contributed by atoms with Gasteiger partial charge < -0.3 is 4.74 Å². The van der Waals surface area contributed by atoms with Gasteiger partial charge in [-0.25, -0.2) is 0 Å². The Bertz CT molecular complexity index is 596. The lowest BCUT2D eigenvalue weighted by molar-refractivity contribution is 0.415. The number of hydrogen-bond donors (Lipinski definition) is 0. The first-order chi connectivity index (χ1) is 8.51. The van der Waals surface area contributed by atoms with E-state index in [1.54, 1.807) is 31.4 Å². The van der Waals surface area contributed by atoms with Crippen LogP contribution >= 0.6 is 46.4 Å². The summed E-state index contributed by atoms with van der Waals surface area (Å²) in [5, 5.41) is 1.90. The van der Waals surface area contributed by atoms with E-state index in [0.29, 0.717) is 25.8 Å². The molecule has 2 rings (SSSR count). The molecule has 1 nitrogen and oxygen atoms in total. The maximum absolute atomic E-state index is 6.17. The lowest BCUT2D eigenvalue weighted by Crippen LogP contribution is -1.86. The van der Waals surface area contributed by atoms with E-state index in [1.165, 1.54) is 0 Å². The van der Waals surface area contributed by atoms with Gasteiger partial charge in [0.15, 0.2) is 0 Å². The quantitative estimate of drug-likeness (QED) is 0.618. The van der Waals surface area contributed by atoms with Crippen LogP contribution < -0.4 is 4.74 Å². The van der Waals surface area contributed by atoms with Crippen molar-refractivity contribution in [3.05, 3.63) is 50.4 Å². The summed E-state index contributed by atoms with van der Waals surface area (Å²) in [5.74, 6) is 0.643. The smallest absolute Gasteiger partial charge is 0.120 e. The minimum atomic E-state index is 0.401. The first-order valence-electron chi connectivity index (χ1n) is 5.01. The molecule has 0 saturated carbocycles. The Morgan fingerprint density at radius 1 is 0.833 bits per heavy atom. The molecule has 2 aromatic rings. The Labute approximate surface area is 125 Å². The summed E-state index contributed by atoms with van der Waals surface area (Å²) >= 11 is 24.2. The summed E-state index contributed by atoms with van der Waals surface area (Å²) in [6, 6.07) is 8.64. The van der Waals surface area contributed by atoms with E-state index >= 15 is 0 Å². The number of halogens is 4. The van der Waals surface area contributed by atoms with Crippen LogP contribution in [0.1, 0.15) is 0 Å². The molecule has 0 amide bonds.